The van der Waals surface area contributed by atoms with E-state index in [2.05, 4.69) is 0 Å². The van der Waals surface area contributed by atoms with Crippen molar-refractivity contribution in [1.82, 2.24) is 0 Å². The Kier molecular flexibility index (Phi) is 6.84. The second-order valence-electron chi connectivity index (χ2n) is 6.25. The first-order valence-electron chi connectivity index (χ1n) is 8.94. The average molecular weight is 377 g/mol. The lowest BCUT2D eigenvalue weighted by Crippen LogP contribution is -2.17. The highest BCUT2D eigenvalue weighted by Crippen LogP contribution is 2.16. The van der Waals surface area contributed by atoms with Gasteiger partial charge in [-0.25, -0.2) is 4.79 Å². The van der Waals surface area contributed by atoms with Crippen LogP contribution in [-0.4, -0.2) is 12.1 Å². The molecule has 136 valence electrons. The maximum Gasteiger partial charge on any atom is 0.338 e. The molecule has 27 heavy (non-hydrogen) atoms. The standard InChI is InChI=1S/C24H21ClO2/c25-22-13-7-10-20(18-22)15-17-23(16-14-19-8-3-1-4-9-19)27-24(26)21-11-5-2-6-12-21/h1-14,16,18,23H,15,17H2/b16-14+/t23-/m0/s1. The van der Waals surface area contributed by atoms with Crippen LogP contribution in [0.3, 0.4) is 0 Å². The van der Waals surface area contributed by atoms with Gasteiger partial charge in [0.15, 0.2) is 0 Å². The van der Waals surface area contributed by atoms with E-state index in [0.29, 0.717) is 17.0 Å². The topological polar surface area (TPSA) is 26.3 Å². The molecular weight excluding hydrogens is 356 g/mol. The second kappa shape index (κ2) is 9.75. The first kappa shape index (κ1) is 18.9. The SMILES string of the molecule is O=C(O[C@@H](/C=C/c1ccccc1)CCc1cccc(Cl)c1)c1ccccc1. The summed E-state index contributed by atoms with van der Waals surface area (Å²) in [4.78, 5) is 12.5. The normalized spacial score (nSPS) is 12.0. The summed E-state index contributed by atoms with van der Waals surface area (Å²) in [7, 11) is 0. The van der Waals surface area contributed by atoms with Crippen LogP contribution >= 0.6 is 11.6 Å². The highest BCUT2D eigenvalue weighted by Gasteiger charge is 2.14. The van der Waals surface area contributed by atoms with Crippen molar-refractivity contribution >= 4 is 23.6 Å². The van der Waals surface area contributed by atoms with Crippen LogP contribution in [0.25, 0.3) is 6.08 Å². The predicted octanol–water partition coefficient (Wildman–Crippen LogP) is 6.21. The number of hydrogen-bond acceptors (Lipinski definition) is 2. The molecular formula is C24H21ClO2. The molecule has 1 atom stereocenters. The number of ether oxygens (including phenoxy) is 1. The Hall–Kier alpha value is -2.84. The molecule has 0 fully saturated rings. The zero-order valence-corrected chi connectivity index (χ0v) is 15.7. The zero-order chi connectivity index (χ0) is 18.9. The lowest BCUT2D eigenvalue weighted by Gasteiger charge is -2.15. The van der Waals surface area contributed by atoms with Crippen molar-refractivity contribution in [3.63, 3.8) is 0 Å². The molecule has 0 aliphatic carbocycles. The van der Waals surface area contributed by atoms with Gasteiger partial charge in [0.05, 0.1) is 5.56 Å². The van der Waals surface area contributed by atoms with Crippen LogP contribution in [0, 0.1) is 0 Å². The van der Waals surface area contributed by atoms with Gasteiger partial charge in [-0.15, -0.1) is 0 Å². The molecule has 0 aromatic heterocycles. The molecule has 0 aliphatic rings. The zero-order valence-electron chi connectivity index (χ0n) is 14.9. The molecule has 0 spiro atoms. The van der Waals surface area contributed by atoms with Crippen molar-refractivity contribution in [3.05, 3.63) is 113 Å². The van der Waals surface area contributed by atoms with Gasteiger partial charge in [0.25, 0.3) is 0 Å². The fraction of sp³-hybridized carbons (Fsp3) is 0.125. The minimum Gasteiger partial charge on any atom is -0.455 e. The predicted molar refractivity (Wildman–Crippen MR) is 111 cm³/mol. The minimum absolute atomic E-state index is 0.315. The Morgan fingerprint density at radius 3 is 2.33 bits per heavy atom. The van der Waals surface area contributed by atoms with E-state index in [0.717, 1.165) is 17.5 Å². The molecule has 2 nitrogen and oxygen atoms in total. The van der Waals surface area contributed by atoms with Crippen LogP contribution in [0.1, 0.15) is 27.9 Å². The summed E-state index contributed by atoms with van der Waals surface area (Å²) in [6.07, 6.45) is 5.06. The molecule has 0 bridgehead atoms. The van der Waals surface area contributed by atoms with Crippen LogP contribution < -0.4 is 0 Å². The van der Waals surface area contributed by atoms with Crippen molar-refractivity contribution in [3.8, 4) is 0 Å². The number of carbonyl (C=O) groups excluding carboxylic acids is 1. The molecule has 0 aliphatic heterocycles. The molecule has 0 saturated carbocycles. The molecule has 0 heterocycles. The molecule has 0 amide bonds. The Morgan fingerprint density at radius 2 is 1.63 bits per heavy atom. The van der Waals surface area contributed by atoms with E-state index >= 15 is 0 Å². The summed E-state index contributed by atoms with van der Waals surface area (Å²) in [6, 6.07) is 26.8. The van der Waals surface area contributed by atoms with Gasteiger partial charge in [0.2, 0.25) is 0 Å². The van der Waals surface area contributed by atoms with Gasteiger partial charge < -0.3 is 4.74 Å². The van der Waals surface area contributed by atoms with Crippen LogP contribution in [0.15, 0.2) is 91.0 Å². The quantitative estimate of drug-likeness (QED) is 0.458. The number of hydrogen-bond donors (Lipinski definition) is 0. The van der Waals surface area contributed by atoms with Crippen LogP contribution in [-0.2, 0) is 11.2 Å². The van der Waals surface area contributed by atoms with Gasteiger partial charge in [-0.3, -0.25) is 0 Å². The number of aryl methyl sites for hydroxylation is 1. The van der Waals surface area contributed by atoms with Crippen molar-refractivity contribution in [2.45, 2.75) is 18.9 Å². The third-order valence-corrected chi connectivity index (χ3v) is 4.41. The van der Waals surface area contributed by atoms with Crippen molar-refractivity contribution in [2.24, 2.45) is 0 Å². The Morgan fingerprint density at radius 1 is 0.926 bits per heavy atom. The highest BCUT2D eigenvalue weighted by molar-refractivity contribution is 6.30. The average Bonchev–Trinajstić information content (AvgIpc) is 2.71. The first-order chi connectivity index (χ1) is 13.2. The molecule has 0 radical (unpaired) electrons. The minimum atomic E-state index is -0.322. The van der Waals surface area contributed by atoms with Gasteiger partial charge in [-0.1, -0.05) is 78.3 Å². The third kappa shape index (κ3) is 6.12. The molecule has 0 unspecified atom stereocenters. The number of rotatable bonds is 7. The highest BCUT2D eigenvalue weighted by atomic mass is 35.5. The largest absolute Gasteiger partial charge is 0.455 e. The molecule has 3 aromatic rings. The van der Waals surface area contributed by atoms with E-state index in [1.54, 1.807) is 12.1 Å². The summed E-state index contributed by atoms with van der Waals surface area (Å²) in [5.41, 5.74) is 2.75. The molecule has 3 heteroatoms. The third-order valence-electron chi connectivity index (χ3n) is 4.18. The summed E-state index contributed by atoms with van der Waals surface area (Å²) < 4.78 is 5.75. The van der Waals surface area contributed by atoms with Crippen LogP contribution in [0.2, 0.25) is 5.02 Å². The number of carbonyl (C=O) groups is 1. The molecule has 3 aromatic carbocycles. The number of esters is 1. The van der Waals surface area contributed by atoms with Gasteiger partial charge in [0.1, 0.15) is 6.10 Å². The van der Waals surface area contributed by atoms with E-state index in [4.69, 9.17) is 16.3 Å². The fourth-order valence-corrected chi connectivity index (χ4v) is 2.97. The Labute approximate surface area is 165 Å². The fourth-order valence-electron chi connectivity index (χ4n) is 2.76. The van der Waals surface area contributed by atoms with Crippen molar-refractivity contribution < 1.29 is 9.53 Å². The van der Waals surface area contributed by atoms with Crippen molar-refractivity contribution in [2.75, 3.05) is 0 Å². The number of halogens is 1. The monoisotopic (exact) mass is 376 g/mol. The van der Waals surface area contributed by atoms with E-state index in [-0.39, 0.29) is 12.1 Å². The van der Waals surface area contributed by atoms with Crippen molar-refractivity contribution in [1.29, 1.82) is 0 Å². The maximum atomic E-state index is 12.5. The summed E-state index contributed by atoms with van der Waals surface area (Å²) >= 11 is 6.07. The second-order valence-corrected chi connectivity index (χ2v) is 6.68. The Balaban J connectivity index is 1.71. The van der Waals surface area contributed by atoms with E-state index in [9.17, 15) is 4.79 Å². The van der Waals surface area contributed by atoms with E-state index < -0.39 is 0 Å². The van der Waals surface area contributed by atoms with Gasteiger partial charge in [-0.05, 0) is 54.3 Å². The van der Waals surface area contributed by atoms with Crippen LogP contribution in [0.5, 0.6) is 0 Å². The van der Waals surface area contributed by atoms with Crippen LogP contribution in [0.4, 0.5) is 0 Å². The maximum absolute atomic E-state index is 12.5. The molecule has 0 saturated heterocycles. The summed E-state index contributed by atoms with van der Waals surface area (Å²) in [5, 5.41) is 0.713. The first-order valence-corrected chi connectivity index (χ1v) is 9.32. The summed E-state index contributed by atoms with van der Waals surface area (Å²) in [6.45, 7) is 0. The molecule has 0 N–H and O–H groups in total. The summed E-state index contributed by atoms with van der Waals surface area (Å²) in [5.74, 6) is -0.315. The van der Waals surface area contributed by atoms with E-state index in [1.165, 1.54) is 0 Å². The van der Waals surface area contributed by atoms with Gasteiger partial charge in [0, 0.05) is 5.02 Å². The molecule has 3 rings (SSSR count). The Bertz CT molecular complexity index is 889. The van der Waals surface area contributed by atoms with E-state index in [1.807, 2.05) is 84.9 Å². The number of benzene rings is 3. The lowest BCUT2D eigenvalue weighted by molar-refractivity contribution is 0.0382. The van der Waals surface area contributed by atoms with Gasteiger partial charge >= 0.3 is 5.97 Å². The smallest absolute Gasteiger partial charge is 0.338 e. The lowest BCUT2D eigenvalue weighted by atomic mass is 10.1. The van der Waals surface area contributed by atoms with Gasteiger partial charge in [-0.2, -0.15) is 0 Å².